The molecule has 2 aliphatic rings. The molecule has 0 bridgehead atoms. The highest BCUT2D eigenvalue weighted by Crippen LogP contribution is 2.15. The molecule has 2 aliphatic heterocycles. The summed E-state index contributed by atoms with van der Waals surface area (Å²) >= 11 is 0. The fraction of sp³-hybridized carbons (Fsp3) is 0.833. The van der Waals surface area contributed by atoms with Crippen molar-refractivity contribution in [2.75, 3.05) is 13.1 Å². The van der Waals surface area contributed by atoms with Crippen LogP contribution in [0.2, 0.25) is 0 Å². The number of carbonyl (C=O) groups is 2. The fourth-order valence-corrected chi connectivity index (χ4v) is 2.56. The molecule has 3 atom stereocenters. The lowest BCUT2D eigenvalue weighted by Crippen LogP contribution is -2.49. The maximum absolute atomic E-state index is 11.9. The van der Waals surface area contributed by atoms with Gasteiger partial charge in [-0.05, 0) is 45.2 Å². The second kappa shape index (κ2) is 5.49. The highest BCUT2D eigenvalue weighted by molar-refractivity contribution is 5.90. The van der Waals surface area contributed by atoms with Gasteiger partial charge in [-0.2, -0.15) is 0 Å². The van der Waals surface area contributed by atoms with E-state index in [-0.39, 0.29) is 23.9 Å². The summed E-state index contributed by atoms with van der Waals surface area (Å²) in [5.41, 5.74) is 0. The molecule has 3 N–H and O–H groups in total. The maximum atomic E-state index is 11.9. The molecule has 5 nitrogen and oxygen atoms in total. The average molecular weight is 239 g/mol. The van der Waals surface area contributed by atoms with Crippen molar-refractivity contribution in [3.8, 4) is 0 Å². The summed E-state index contributed by atoms with van der Waals surface area (Å²) in [7, 11) is 0. The van der Waals surface area contributed by atoms with E-state index in [2.05, 4.69) is 16.0 Å². The lowest BCUT2D eigenvalue weighted by atomic mass is 9.92. The summed E-state index contributed by atoms with van der Waals surface area (Å²) in [6.45, 7) is 4.10. The van der Waals surface area contributed by atoms with Gasteiger partial charge >= 0.3 is 0 Å². The Labute approximate surface area is 102 Å². The van der Waals surface area contributed by atoms with Gasteiger partial charge in [-0.3, -0.25) is 9.59 Å². The minimum Gasteiger partial charge on any atom is -0.352 e. The molecule has 17 heavy (non-hydrogen) atoms. The van der Waals surface area contributed by atoms with Crippen molar-refractivity contribution in [1.82, 2.24) is 16.0 Å². The second-order valence-electron chi connectivity index (χ2n) is 5.06. The van der Waals surface area contributed by atoms with Crippen molar-refractivity contribution in [1.29, 1.82) is 0 Å². The first-order chi connectivity index (χ1) is 8.16. The van der Waals surface area contributed by atoms with Crippen LogP contribution in [0.3, 0.4) is 0 Å². The summed E-state index contributed by atoms with van der Waals surface area (Å²) in [5, 5.41) is 9.06. The van der Waals surface area contributed by atoms with E-state index in [4.69, 9.17) is 0 Å². The van der Waals surface area contributed by atoms with Crippen LogP contribution in [-0.4, -0.2) is 37.0 Å². The van der Waals surface area contributed by atoms with Crippen molar-refractivity contribution in [3.05, 3.63) is 0 Å². The van der Waals surface area contributed by atoms with Crippen LogP contribution in [0.5, 0.6) is 0 Å². The van der Waals surface area contributed by atoms with Crippen molar-refractivity contribution in [3.63, 3.8) is 0 Å². The summed E-state index contributed by atoms with van der Waals surface area (Å²) in [6, 6.07) is -0.144. The zero-order valence-electron chi connectivity index (χ0n) is 10.3. The van der Waals surface area contributed by atoms with Crippen molar-refractivity contribution in [2.24, 2.45) is 5.92 Å². The highest BCUT2D eigenvalue weighted by Gasteiger charge is 2.29. The third-order valence-electron chi connectivity index (χ3n) is 3.72. The number of piperidine rings is 1. The van der Waals surface area contributed by atoms with Gasteiger partial charge in [0.1, 0.15) is 6.04 Å². The molecule has 0 aromatic rings. The van der Waals surface area contributed by atoms with E-state index in [0.29, 0.717) is 18.8 Å². The van der Waals surface area contributed by atoms with E-state index in [1.165, 1.54) is 6.42 Å². The molecule has 2 unspecified atom stereocenters. The van der Waals surface area contributed by atoms with Crippen LogP contribution in [0.15, 0.2) is 0 Å². The average Bonchev–Trinajstić information content (AvgIpc) is 2.77. The molecule has 0 aromatic carbocycles. The molecule has 2 heterocycles. The molecule has 0 saturated carbocycles. The van der Waals surface area contributed by atoms with Gasteiger partial charge in [-0.1, -0.05) is 0 Å². The van der Waals surface area contributed by atoms with E-state index in [9.17, 15) is 9.59 Å². The van der Waals surface area contributed by atoms with Gasteiger partial charge in [0.2, 0.25) is 11.8 Å². The Morgan fingerprint density at radius 3 is 2.88 bits per heavy atom. The molecule has 0 aromatic heterocycles. The predicted molar refractivity (Wildman–Crippen MR) is 64.4 cm³/mol. The Morgan fingerprint density at radius 2 is 2.29 bits per heavy atom. The quantitative estimate of drug-likeness (QED) is 0.637. The van der Waals surface area contributed by atoms with Crippen LogP contribution in [0.25, 0.3) is 0 Å². The molecule has 0 radical (unpaired) electrons. The molecular weight excluding hydrogens is 218 g/mol. The van der Waals surface area contributed by atoms with Crippen LogP contribution in [-0.2, 0) is 9.59 Å². The first kappa shape index (κ1) is 12.4. The number of carbonyl (C=O) groups excluding carboxylic acids is 2. The largest absolute Gasteiger partial charge is 0.352 e. The molecule has 0 aliphatic carbocycles. The lowest BCUT2D eigenvalue weighted by molar-refractivity contribution is -0.126. The first-order valence-electron chi connectivity index (χ1n) is 6.47. The molecular formula is C12H21N3O2. The molecule has 5 heteroatoms. The van der Waals surface area contributed by atoms with Crippen LogP contribution < -0.4 is 16.0 Å². The number of amides is 2. The lowest BCUT2D eigenvalue weighted by Gasteiger charge is -2.29. The monoisotopic (exact) mass is 239 g/mol. The van der Waals surface area contributed by atoms with E-state index < -0.39 is 0 Å². The van der Waals surface area contributed by atoms with Gasteiger partial charge in [-0.25, -0.2) is 0 Å². The zero-order valence-corrected chi connectivity index (χ0v) is 10.3. The topological polar surface area (TPSA) is 70.2 Å². The van der Waals surface area contributed by atoms with Crippen LogP contribution >= 0.6 is 0 Å². The predicted octanol–water partition coefficient (Wildman–Crippen LogP) is -0.231. The van der Waals surface area contributed by atoms with Crippen LogP contribution in [0.1, 0.15) is 32.6 Å². The van der Waals surface area contributed by atoms with E-state index in [1.807, 2.05) is 6.92 Å². The van der Waals surface area contributed by atoms with Gasteiger partial charge in [0.15, 0.2) is 0 Å². The third-order valence-corrected chi connectivity index (χ3v) is 3.72. The van der Waals surface area contributed by atoms with Gasteiger partial charge in [0.05, 0.1) is 0 Å². The number of nitrogens with one attached hydrogen (secondary N) is 3. The molecule has 2 fully saturated rings. The fourth-order valence-electron chi connectivity index (χ4n) is 2.56. The third kappa shape index (κ3) is 3.19. The Morgan fingerprint density at radius 1 is 1.47 bits per heavy atom. The molecule has 96 valence electrons. The molecule has 2 saturated heterocycles. The van der Waals surface area contributed by atoms with Crippen molar-refractivity contribution in [2.45, 2.75) is 44.7 Å². The molecule has 2 rings (SSSR count). The zero-order chi connectivity index (χ0) is 12.3. The van der Waals surface area contributed by atoms with Gasteiger partial charge < -0.3 is 16.0 Å². The Balaban J connectivity index is 1.79. The number of hydrogen-bond donors (Lipinski definition) is 3. The Hall–Kier alpha value is -1.10. The maximum Gasteiger partial charge on any atom is 0.242 e. The van der Waals surface area contributed by atoms with E-state index >= 15 is 0 Å². The molecule has 0 spiro atoms. The number of rotatable bonds is 3. The summed E-state index contributed by atoms with van der Waals surface area (Å²) in [5.74, 6) is 0.455. The van der Waals surface area contributed by atoms with Crippen LogP contribution in [0.4, 0.5) is 0 Å². The number of hydrogen-bond acceptors (Lipinski definition) is 3. The van der Waals surface area contributed by atoms with E-state index in [1.54, 1.807) is 0 Å². The van der Waals surface area contributed by atoms with Crippen molar-refractivity contribution < 1.29 is 9.59 Å². The van der Waals surface area contributed by atoms with Gasteiger partial charge in [0, 0.05) is 12.5 Å². The standard InChI is InChI=1S/C12H21N3O2/c1-8(9-3-2-6-13-7-9)14-12(17)10-4-5-11(16)15-10/h8-10,13H,2-7H2,1H3,(H,14,17)(H,15,16)/t8?,9?,10-/m1/s1. The van der Waals surface area contributed by atoms with Crippen LogP contribution in [0, 0.1) is 5.92 Å². The summed E-state index contributed by atoms with van der Waals surface area (Å²) < 4.78 is 0. The Bertz CT molecular complexity index is 300. The summed E-state index contributed by atoms with van der Waals surface area (Å²) in [4.78, 5) is 22.9. The van der Waals surface area contributed by atoms with E-state index in [0.717, 1.165) is 19.5 Å². The minimum atomic E-state index is -0.318. The highest BCUT2D eigenvalue weighted by atomic mass is 16.2. The van der Waals surface area contributed by atoms with Gasteiger partial charge in [-0.15, -0.1) is 0 Å². The SMILES string of the molecule is CC(NC(=O)[C@H]1CCC(=O)N1)C1CCCNC1. The first-order valence-corrected chi connectivity index (χ1v) is 6.47. The summed E-state index contributed by atoms with van der Waals surface area (Å²) in [6.07, 6.45) is 3.42. The second-order valence-corrected chi connectivity index (χ2v) is 5.06. The minimum absolute atomic E-state index is 0.0165. The van der Waals surface area contributed by atoms with Crippen molar-refractivity contribution >= 4 is 11.8 Å². The Kier molecular flexibility index (Phi) is 3.99. The smallest absolute Gasteiger partial charge is 0.242 e. The van der Waals surface area contributed by atoms with Gasteiger partial charge in [0.25, 0.3) is 0 Å². The normalized spacial score (nSPS) is 30.8. The molecule has 2 amide bonds.